The van der Waals surface area contributed by atoms with Crippen LogP contribution in [-0.2, 0) is 6.42 Å². The minimum Gasteiger partial charge on any atom is -0.505 e. The lowest BCUT2D eigenvalue weighted by Crippen LogP contribution is -2.02. The summed E-state index contributed by atoms with van der Waals surface area (Å²) >= 11 is 0. The van der Waals surface area contributed by atoms with E-state index in [9.17, 15) is 9.90 Å². The SMILES string of the molecule is CCCCCCc1cc2c(oc(=O)c3ccccc32)c(N)c1O. The van der Waals surface area contributed by atoms with E-state index in [1.807, 2.05) is 18.2 Å². The lowest BCUT2D eigenvalue weighted by Gasteiger charge is -2.11. The van der Waals surface area contributed by atoms with Gasteiger partial charge in [0.05, 0.1) is 5.39 Å². The molecule has 0 radical (unpaired) electrons. The Morgan fingerprint density at radius 1 is 1.09 bits per heavy atom. The molecule has 0 aliphatic carbocycles. The van der Waals surface area contributed by atoms with Gasteiger partial charge in [-0.1, -0.05) is 44.4 Å². The van der Waals surface area contributed by atoms with Crippen LogP contribution >= 0.6 is 0 Å². The van der Waals surface area contributed by atoms with Crippen LogP contribution in [0.15, 0.2) is 39.5 Å². The van der Waals surface area contributed by atoms with Crippen molar-refractivity contribution in [2.45, 2.75) is 39.0 Å². The molecule has 3 N–H and O–H groups in total. The summed E-state index contributed by atoms with van der Waals surface area (Å²) in [6, 6.07) is 9.21. The zero-order chi connectivity index (χ0) is 16.4. The molecule has 120 valence electrons. The summed E-state index contributed by atoms with van der Waals surface area (Å²) in [5.41, 5.74) is 6.82. The molecule has 23 heavy (non-hydrogen) atoms. The fourth-order valence-electron chi connectivity index (χ4n) is 3.02. The Hall–Kier alpha value is -2.49. The predicted octanol–water partition coefficient (Wildman–Crippen LogP) is 4.36. The van der Waals surface area contributed by atoms with Gasteiger partial charge in [0.1, 0.15) is 11.4 Å². The average molecular weight is 311 g/mol. The maximum atomic E-state index is 12.1. The van der Waals surface area contributed by atoms with Gasteiger partial charge in [-0.3, -0.25) is 0 Å². The van der Waals surface area contributed by atoms with Gasteiger partial charge in [-0.25, -0.2) is 4.79 Å². The predicted molar refractivity (Wildman–Crippen MR) is 93.9 cm³/mol. The highest BCUT2D eigenvalue weighted by Gasteiger charge is 2.15. The van der Waals surface area contributed by atoms with Crippen molar-refractivity contribution in [2.24, 2.45) is 0 Å². The normalized spacial score (nSPS) is 11.3. The molecule has 0 spiro atoms. The van der Waals surface area contributed by atoms with Gasteiger partial charge in [-0.05, 0) is 30.5 Å². The molecule has 4 heteroatoms. The van der Waals surface area contributed by atoms with Crippen LogP contribution < -0.4 is 11.4 Å². The fraction of sp³-hybridized carbons (Fsp3) is 0.316. The zero-order valence-corrected chi connectivity index (χ0v) is 13.3. The van der Waals surface area contributed by atoms with E-state index >= 15 is 0 Å². The molecule has 4 nitrogen and oxygen atoms in total. The highest BCUT2D eigenvalue weighted by atomic mass is 16.4. The van der Waals surface area contributed by atoms with Crippen LogP contribution in [0.5, 0.6) is 5.75 Å². The Balaban J connectivity index is 2.17. The Bertz CT molecular complexity index is 912. The highest BCUT2D eigenvalue weighted by Crippen LogP contribution is 2.36. The fourth-order valence-corrected chi connectivity index (χ4v) is 3.02. The number of benzene rings is 2. The monoisotopic (exact) mass is 311 g/mol. The molecule has 3 aromatic rings. The van der Waals surface area contributed by atoms with Crippen LogP contribution in [0.2, 0.25) is 0 Å². The van der Waals surface area contributed by atoms with Gasteiger partial charge in [0.2, 0.25) is 0 Å². The van der Waals surface area contributed by atoms with Crippen molar-refractivity contribution in [3.63, 3.8) is 0 Å². The molecule has 1 heterocycles. The number of aromatic hydroxyl groups is 1. The van der Waals surface area contributed by atoms with E-state index in [-0.39, 0.29) is 17.0 Å². The standard InChI is InChI=1S/C19H21NO3/c1-2-3-4-5-8-12-11-15-13-9-6-7-10-14(13)19(22)23-18(15)16(20)17(12)21/h6-7,9-11,21H,2-5,8,20H2,1H3. The third kappa shape index (κ3) is 2.77. The Morgan fingerprint density at radius 3 is 2.57 bits per heavy atom. The first-order valence-corrected chi connectivity index (χ1v) is 8.09. The second kappa shape index (κ2) is 6.32. The summed E-state index contributed by atoms with van der Waals surface area (Å²) in [4.78, 5) is 12.1. The second-order valence-corrected chi connectivity index (χ2v) is 5.92. The van der Waals surface area contributed by atoms with E-state index in [2.05, 4.69) is 6.92 Å². The number of anilines is 1. The summed E-state index contributed by atoms with van der Waals surface area (Å²) in [5.74, 6) is 0.0347. The molecule has 3 rings (SSSR count). The molecule has 0 aliphatic heterocycles. The van der Waals surface area contributed by atoms with Crippen molar-refractivity contribution in [1.29, 1.82) is 0 Å². The van der Waals surface area contributed by atoms with Crippen LogP contribution in [-0.4, -0.2) is 5.11 Å². The topological polar surface area (TPSA) is 76.5 Å². The minimum absolute atomic E-state index is 0.0347. The molecule has 0 bridgehead atoms. The largest absolute Gasteiger partial charge is 0.505 e. The van der Waals surface area contributed by atoms with E-state index in [0.29, 0.717) is 5.39 Å². The number of phenolic OH excluding ortho intramolecular Hbond substituents is 1. The molecular formula is C19H21NO3. The Labute approximate surface area is 134 Å². The van der Waals surface area contributed by atoms with E-state index < -0.39 is 5.63 Å². The molecular weight excluding hydrogens is 290 g/mol. The van der Waals surface area contributed by atoms with Gasteiger partial charge in [0, 0.05) is 10.8 Å². The van der Waals surface area contributed by atoms with Gasteiger partial charge in [0.15, 0.2) is 5.58 Å². The van der Waals surface area contributed by atoms with Gasteiger partial charge < -0.3 is 15.3 Å². The number of phenols is 1. The molecule has 0 fully saturated rings. The minimum atomic E-state index is -0.435. The summed E-state index contributed by atoms with van der Waals surface area (Å²) < 4.78 is 5.34. The van der Waals surface area contributed by atoms with Crippen molar-refractivity contribution in [1.82, 2.24) is 0 Å². The summed E-state index contributed by atoms with van der Waals surface area (Å²) in [6.45, 7) is 2.17. The van der Waals surface area contributed by atoms with Crippen molar-refractivity contribution in [2.75, 3.05) is 5.73 Å². The first-order valence-electron chi connectivity index (χ1n) is 8.09. The number of nitrogen functional groups attached to an aromatic ring is 1. The van der Waals surface area contributed by atoms with Gasteiger partial charge in [0.25, 0.3) is 0 Å². The number of hydrogen-bond donors (Lipinski definition) is 2. The van der Waals surface area contributed by atoms with Crippen LogP contribution in [0.4, 0.5) is 5.69 Å². The lowest BCUT2D eigenvalue weighted by molar-refractivity contribution is 0.467. The second-order valence-electron chi connectivity index (χ2n) is 5.92. The maximum absolute atomic E-state index is 12.1. The third-order valence-corrected chi connectivity index (χ3v) is 4.30. The average Bonchev–Trinajstić information content (AvgIpc) is 2.57. The highest BCUT2D eigenvalue weighted by molar-refractivity contribution is 6.08. The molecule has 2 aromatic carbocycles. The van der Waals surface area contributed by atoms with Crippen molar-refractivity contribution < 1.29 is 9.52 Å². The Morgan fingerprint density at radius 2 is 1.83 bits per heavy atom. The number of fused-ring (bicyclic) bond motifs is 3. The number of hydrogen-bond acceptors (Lipinski definition) is 4. The number of rotatable bonds is 5. The first kappa shape index (κ1) is 15.4. The summed E-state index contributed by atoms with van der Waals surface area (Å²) in [5, 5.41) is 12.4. The van der Waals surface area contributed by atoms with Crippen molar-refractivity contribution in [3.05, 3.63) is 46.3 Å². The molecule has 0 amide bonds. The maximum Gasteiger partial charge on any atom is 0.344 e. The van der Waals surface area contributed by atoms with Crippen LogP contribution in [0, 0.1) is 0 Å². The summed E-state index contributed by atoms with van der Waals surface area (Å²) in [6.07, 6.45) is 5.24. The third-order valence-electron chi connectivity index (χ3n) is 4.30. The van der Waals surface area contributed by atoms with E-state index in [0.717, 1.165) is 35.6 Å². The van der Waals surface area contributed by atoms with Gasteiger partial charge >= 0.3 is 5.63 Å². The van der Waals surface area contributed by atoms with Crippen molar-refractivity contribution >= 4 is 27.4 Å². The van der Waals surface area contributed by atoms with Crippen molar-refractivity contribution in [3.8, 4) is 5.75 Å². The van der Waals surface area contributed by atoms with Crippen LogP contribution in [0.25, 0.3) is 21.7 Å². The quantitative estimate of drug-likeness (QED) is 0.241. The number of unbranched alkanes of at least 4 members (excludes halogenated alkanes) is 3. The number of nitrogens with two attached hydrogens (primary N) is 1. The first-order chi connectivity index (χ1) is 11.1. The molecule has 0 unspecified atom stereocenters. The van der Waals surface area contributed by atoms with Crippen LogP contribution in [0.1, 0.15) is 38.2 Å². The molecule has 0 saturated carbocycles. The number of aryl methyl sites for hydroxylation is 1. The Kier molecular flexibility index (Phi) is 4.24. The molecule has 0 atom stereocenters. The van der Waals surface area contributed by atoms with Gasteiger partial charge in [-0.2, -0.15) is 0 Å². The van der Waals surface area contributed by atoms with Gasteiger partial charge in [-0.15, -0.1) is 0 Å². The summed E-state index contributed by atoms with van der Waals surface area (Å²) in [7, 11) is 0. The van der Waals surface area contributed by atoms with E-state index in [1.165, 1.54) is 12.8 Å². The molecule has 0 saturated heterocycles. The van der Waals surface area contributed by atoms with E-state index in [4.69, 9.17) is 10.2 Å². The van der Waals surface area contributed by atoms with Crippen LogP contribution in [0.3, 0.4) is 0 Å². The van der Waals surface area contributed by atoms with E-state index in [1.54, 1.807) is 12.1 Å². The zero-order valence-electron chi connectivity index (χ0n) is 13.3. The lowest BCUT2D eigenvalue weighted by atomic mass is 9.99. The molecule has 1 aromatic heterocycles. The molecule has 0 aliphatic rings. The smallest absolute Gasteiger partial charge is 0.344 e.